The highest BCUT2D eigenvalue weighted by atomic mass is 16.4. The highest BCUT2D eigenvalue weighted by Crippen LogP contribution is 2.06. The molecule has 1 amide bonds. The van der Waals surface area contributed by atoms with E-state index in [9.17, 15) is 4.79 Å². The van der Waals surface area contributed by atoms with Crippen molar-refractivity contribution in [2.24, 2.45) is 10.9 Å². The molecular weight excluding hydrogens is 260 g/mol. The van der Waals surface area contributed by atoms with Crippen LogP contribution >= 0.6 is 0 Å². The number of nitrogens with zero attached hydrogens (tertiary/aromatic N) is 4. The first kappa shape index (κ1) is 13.5. The predicted molar refractivity (Wildman–Crippen MR) is 71.1 cm³/mol. The van der Waals surface area contributed by atoms with Crippen molar-refractivity contribution < 1.29 is 10.0 Å². The third-order valence-electron chi connectivity index (χ3n) is 2.71. The van der Waals surface area contributed by atoms with Crippen molar-refractivity contribution in [2.75, 3.05) is 7.05 Å². The Hall–Kier alpha value is -2.90. The Labute approximate surface area is 114 Å². The van der Waals surface area contributed by atoms with Crippen LogP contribution in [-0.4, -0.2) is 44.1 Å². The van der Waals surface area contributed by atoms with Gasteiger partial charge in [0.15, 0.2) is 5.84 Å². The average molecular weight is 274 g/mol. The second kappa shape index (κ2) is 5.83. The van der Waals surface area contributed by atoms with Crippen LogP contribution < -0.4 is 5.73 Å². The molecule has 0 spiro atoms. The molecule has 0 aromatic carbocycles. The monoisotopic (exact) mass is 274 g/mol. The van der Waals surface area contributed by atoms with E-state index in [1.807, 2.05) is 0 Å². The van der Waals surface area contributed by atoms with Crippen molar-refractivity contribution in [2.45, 2.75) is 6.54 Å². The van der Waals surface area contributed by atoms with Crippen molar-refractivity contribution in [1.29, 1.82) is 0 Å². The molecule has 2 rings (SSSR count). The lowest BCUT2D eigenvalue weighted by atomic mass is 10.2. The van der Waals surface area contributed by atoms with E-state index in [0.717, 1.165) is 5.56 Å². The summed E-state index contributed by atoms with van der Waals surface area (Å²) in [5, 5.41) is 17.9. The molecule has 2 aromatic rings. The molecule has 0 saturated heterocycles. The fourth-order valence-corrected chi connectivity index (χ4v) is 1.63. The number of carbonyl (C=O) groups excluding carboxylic acids is 1. The maximum Gasteiger partial charge on any atom is 0.272 e. The summed E-state index contributed by atoms with van der Waals surface area (Å²) in [7, 11) is 1.68. The molecule has 0 atom stereocenters. The lowest BCUT2D eigenvalue weighted by Crippen LogP contribution is -2.27. The van der Waals surface area contributed by atoms with Crippen LogP contribution in [-0.2, 0) is 6.54 Å². The number of amides is 1. The third-order valence-corrected chi connectivity index (χ3v) is 2.71. The molecule has 0 aliphatic carbocycles. The largest absolute Gasteiger partial charge is 0.409 e. The molecule has 0 unspecified atom stereocenters. The number of amidine groups is 1. The third kappa shape index (κ3) is 2.91. The molecule has 0 aliphatic rings. The highest BCUT2D eigenvalue weighted by Gasteiger charge is 2.14. The van der Waals surface area contributed by atoms with Gasteiger partial charge in [-0.15, -0.1) is 0 Å². The molecule has 8 heteroatoms. The van der Waals surface area contributed by atoms with Gasteiger partial charge < -0.3 is 15.8 Å². The molecule has 4 N–H and O–H groups in total. The zero-order valence-electron chi connectivity index (χ0n) is 10.8. The maximum atomic E-state index is 12.1. The Kier molecular flexibility index (Phi) is 3.94. The van der Waals surface area contributed by atoms with E-state index in [0.29, 0.717) is 12.1 Å². The van der Waals surface area contributed by atoms with Gasteiger partial charge in [0.1, 0.15) is 5.69 Å². The lowest BCUT2D eigenvalue weighted by Gasteiger charge is -2.15. The molecule has 2 heterocycles. The van der Waals surface area contributed by atoms with Gasteiger partial charge in [0.05, 0.1) is 6.20 Å². The van der Waals surface area contributed by atoms with Crippen molar-refractivity contribution in [3.05, 3.63) is 47.5 Å². The first-order valence-electron chi connectivity index (χ1n) is 5.79. The molecular formula is C12H14N6O2. The van der Waals surface area contributed by atoms with Gasteiger partial charge in [-0.2, -0.15) is 5.10 Å². The van der Waals surface area contributed by atoms with Gasteiger partial charge in [0.25, 0.3) is 5.91 Å². The minimum absolute atomic E-state index is 0.0525. The smallest absolute Gasteiger partial charge is 0.272 e. The van der Waals surface area contributed by atoms with Crippen LogP contribution in [0.5, 0.6) is 0 Å². The minimum atomic E-state index is -0.225. The number of nitrogens with two attached hydrogens (primary N) is 1. The van der Waals surface area contributed by atoms with E-state index in [1.165, 1.54) is 17.2 Å². The molecule has 0 radical (unpaired) electrons. The summed E-state index contributed by atoms with van der Waals surface area (Å²) in [5.74, 6) is -0.277. The quantitative estimate of drug-likeness (QED) is 0.317. The molecule has 20 heavy (non-hydrogen) atoms. The van der Waals surface area contributed by atoms with E-state index in [2.05, 4.69) is 20.3 Å². The van der Waals surface area contributed by atoms with E-state index < -0.39 is 0 Å². The summed E-state index contributed by atoms with van der Waals surface area (Å²) in [6.07, 6.45) is 4.76. The minimum Gasteiger partial charge on any atom is -0.409 e. The fourth-order valence-electron chi connectivity index (χ4n) is 1.63. The summed E-state index contributed by atoms with van der Waals surface area (Å²) in [6, 6.07) is 3.10. The van der Waals surface area contributed by atoms with Gasteiger partial charge in [0, 0.05) is 37.1 Å². The number of oxime groups is 1. The SMILES string of the molecule is CN(Cc1cn[nH]c1)C(=O)c1ccc(C(N)=NO)cn1. The Bertz CT molecular complexity index is 605. The first-order chi connectivity index (χ1) is 9.61. The molecule has 0 fully saturated rings. The lowest BCUT2D eigenvalue weighted by molar-refractivity contribution is 0.0779. The van der Waals surface area contributed by atoms with Crippen molar-refractivity contribution in [1.82, 2.24) is 20.1 Å². The van der Waals surface area contributed by atoms with E-state index in [4.69, 9.17) is 10.9 Å². The highest BCUT2D eigenvalue weighted by molar-refractivity contribution is 5.98. The van der Waals surface area contributed by atoms with Crippen LogP contribution in [0.2, 0.25) is 0 Å². The van der Waals surface area contributed by atoms with Gasteiger partial charge in [-0.05, 0) is 12.1 Å². The summed E-state index contributed by atoms with van der Waals surface area (Å²) in [5.41, 5.74) is 7.05. The number of carbonyl (C=O) groups is 1. The number of rotatable bonds is 4. The number of pyridine rings is 1. The van der Waals surface area contributed by atoms with Gasteiger partial charge in [-0.25, -0.2) is 0 Å². The van der Waals surface area contributed by atoms with Gasteiger partial charge in [0.2, 0.25) is 0 Å². The standard InChI is InChI=1S/C12H14N6O2/c1-18(7-8-4-15-16-5-8)12(19)10-3-2-9(6-14-10)11(13)17-20/h2-6,20H,7H2,1H3,(H2,13,17)(H,15,16). The van der Waals surface area contributed by atoms with E-state index in [1.54, 1.807) is 25.5 Å². The number of hydrogen-bond donors (Lipinski definition) is 3. The zero-order valence-corrected chi connectivity index (χ0v) is 10.8. The van der Waals surface area contributed by atoms with Gasteiger partial charge in [-0.3, -0.25) is 14.9 Å². The summed E-state index contributed by atoms with van der Waals surface area (Å²) in [6.45, 7) is 0.430. The Morgan fingerprint density at radius 1 is 1.50 bits per heavy atom. The number of hydrogen-bond acceptors (Lipinski definition) is 5. The molecule has 2 aromatic heterocycles. The molecule has 104 valence electrons. The first-order valence-corrected chi connectivity index (χ1v) is 5.79. The summed E-state index contributed by atoms with van der Waals surface area (Å²) < 4.78 is 0. The van der Waals surface area contributed by atoms with Crippen LogP contribution in [0.4, 0.5) is 0 Å². The van der Waals surface area contributed by atoms with E-state index in [-0.39, 0.29) is 17.4 Å². The summed E-state index contributed by atoms with van der Waals surface area (Å²) in [4.78, 5) is 17.7. The van der Waals surface area contributed by atoms with Crippen LogP contribution in [0, 0.1) is 0 Å². The number of aromatic nitrogens is 3. The summed E-state index contributed by atoms with van der Waals surface area (Å²) >= 11 is 0. The molecule has 0 aliphatic heterocycles. The van der Waals surface area contributed by atoms with Crippen LogP contribution in [0.3, 0.4) is 0 Å². The number of aromatic amines is 1. The van der Waals surface area contributed by atoms with Gasteiger partial charge in [-0.1, -0.05) is 5.16 Å². The second-order valence-electron chi connectivity index (χ2n) is 4.19. The molecule has 0 bridgehead atoms. The number of nitrogens with one attached hydrogen (secondary N) is 1. The molecule has 8 nitrogen and oxygen atoms in total. The Morgan fingerprint density at radius 3 is 2.85 bits per heavy atom. The van der Waals surface area contributed by atoms with Gasteiger partial charge >= 0.3 is 0 Å². The van der Waals surface area contributed by atoms with Crippen molar-refractivity contribution >= 4 is 11.7 Å². The maximum absolute atomic E-state index is 12.1. The van der Waals surface area contributed by atoms with Crippen LogP contribution in [0.15, 0.2) is 35.9 Å². The predicted octanol–water partition coefficient (Wildman–Crippen LogP) is 0.171. The Balaban J connectivity index is 2.09. The fraction of sp³-hybridized carbons (Fsp3) is 0.167. The van der Waals surface area contributed by atoms with Crippen molar-refractivity contribution in [3.63, 3.8) is 0 Å². The Morgan fingerprint density at radius 2 is 2.30 bits per heavy atom. The zero-order chi connectivity index (χ0) is 14.5. The number of H-pyrrole nitrogens is 1. The topological polar surface area (TPSA) is 120 Å². The second-order valence-corrected chi connectivity index (χ2v) is 4.19. The molecule has 0 saturated carbocycles. The normalized spacial score (nSPS) is 11.3. The van der Waals surface area contributed by atoms with Crippen LogP contribution in [0.1, 0.15) is 21.6 Å². The average Bonchev–Trinajstić information content (AvgIpc) is 2.98. The van der Waals surface area contributed by atoms with Crippen LogP contribution in [0.25, 0.3) is 0 Å². The van der Waals surface area contributed by atoms with E-state index >= 15 is 0 Å². The van der Waals surface area contributed by atoms with Crippen molar-refractivity contribution in [3.8, 4) is 0 Å².